The molecule has 13 atom stereocenters. The second-order valence-electron chi connectivity index (χ2n) is 14.1. The molecule has 5 rings (SSSR count). The topological polar surface area (TPSA) is 119 Å². The molecule has 1 spiro atoms. The second-order valence-corrected chi connectivity index (χ2v) is 15.1. The summed E-state index contributed by atoms with van der Waals surface area (Å²) in [5.74, 6) is 3.40. The first kappa shape index (κ1) is 30.7. The fourth-order valence-electron chi connectivity index (χ4n) is 10.2. The van der Waals surface area contributed by atoms with E-state index in [9.17, 15) is 23.2 Å². The molecule has 1 heterocycles. The van der Waals surface area contributed by atoms with Crippen LogP contribution < -0.4 is 29.6 Å². The third-order valence-electron chi connectivity index (χ3n) is 12.4. The molecule has 0 unspecified atom stereocenters. The normalized spacial score (nSPS) is 49.1. The summed E-state index contributed by atoms with van der Waals surface area (Å²) in [5.41, 5.74) is -0.791. The molecule has 0 amide bonds. The molecule has 0 aromatic heterocycles. The number of hydrogen-bond acceptors (Lipinski definition) is 7. The van der Waals surface area contributed by atoms with E-state index in [1.54, 1.807) is 0 Å². The van der Waals surface area contributed by atoms with E-state index in [1.807, 2.05) is 0 Å². The maximum atomic E-state index is 11.3. The number of epoxide rings is 1. The molecule has 1 aliphatic heterocycles. The van der Waals surface area contributed by atoms with Gasteiger partial charge in [-0.2, -0.15) is 0 Å². The fourth-order valence-corrected chi connectivity index (χ4v) is 10.7. The summed E-state index contributed by atoms with van der Waals surface area (Å²) in [5, 5.41) is 22.1. The molecule has 9 heteroatoms. The minimum absolute atomic E-state index is 0. The van der Waals surface area contributed by atoms with Crippen molar-refractivity contribution in [3.63, 3.8) is 0 Å². The standard InChI is InChI=1S/C28H48O7S.Na/c1-15(2)17(4)22(29)13-16(3)19-7-8-20-18-14-24-28(34-24)25(30)23(35-36(31,32)33)10-12-27(28,6)21(18)9-11-26(19,20)5;/h15-25,29-30H,7-14H2,1-6H3,(H,31,32,33);/q;+1/p-1/t16-,17+,18+,19-,20+,21+,22-,23+,24-,25+,26-,27-,28+;/m1./s1. The van der Waals surface area contributed by atoms with E-state index in [-0.39, 0.29) is 52.6 Å². The summed E-state index contributed by atoms with van der Waals surface area (Å²) in [4.78, 5) is 0. The van der Waals surface area contributed by atoms with Gasteiger partial charge in [-0.05, 0) is 98.2 Å². The van der Waals surface area contributed by atoms with Crippen LogP contribution >= 0.6 is 0 Å². The molecular formula is C28H47NaO7S. The molecule has 5 fully saturated rings. The summed E-state index contributed by atoms with van der Waals surface area (Å²) in [6, 6.07) is 0. The molecule has 1 saturated heterocycles. The molecule has 0 radical (unpaired) electrons. The largest absolute Gasteiger partial charge is 1.00 e. The zero-order chi connectivity index (χ0) is 26.4. The Labute approximate surface area is 246 Å². The van der Waals surface area contributed by atoms with Crippen LogP contribution in [-0.2, 0) is 19.3 Å². The van der Waals surface area contributed by atoms with Gasteiger partial charge in [0.05, 0.1) is 12.2 Å². The Morgan fingerprint density at radius 2 is 1.73 bits per heavy atom. The molecule has 2 N–H and O–H groups in total. The van der Waals surface area contributed by atoms with Crippen molar-refractivity contribution in [2.45, 2.75) is 123 Å². The van der Waals surface area contributed by atoms with E-state index in [0.717, 1.165) is 25.7 Å². The second kappa shape index (κ2) is 10.2. The van der Waals surface area contributed by atoms with Crippen LogP contribution in [0.4, 0.5) is 0 Å². The minimum atomic E-state index is -4.88. The summed E-state index contributed by atoms with van der Waals surface area (Å²) in [6.07, 6.45) is 4.97. The Hall–Kier alpha value is 0.750. The summed E-state index contributed by atoms with van der Waals surface area (Å²) < 4.78 is 44.9. The third-order valence-corrected chi connectivity index (χ3v) is 12.9. The molecular weight excluding hydrogens is 503 g/mol. The van der Waals surface area contributed by atoms with E-state index < -0.39 is 28.2 Å². The van der Waals surface area contributed by atoms with Crippen LogP contribution in [0.25, 0.3) is 0 Å². The number of ether oxygens (including phenoxy) is 1. The van der Waals surface area contributed by atoms with Crippen molar-refractivity contribution in [1.82, 2.24) is 0 Å². The first-order chi connectivity index (χ1) is 16.7. The Bertz CT molecular complexity index is 960. The van der Waals surface area contributed by atoms with E-state index in [4.69, 9.17) is 8.92 Å². The van der Waals surface area contributed by atoms with Crippen LogP contribution in [-0.4, -0.2) is 53.2 Å². The summed E-state index contributed by atoms with van der Waals surface area (Å²) in [7, 11) is -4.88. The Balaban J connectivity index is 0.00000320. The molecule has 208 valence electrons. The summed E-state index contributed by atoms with van der Waals surface area (Å²) >= 11 is 0. The maximum absolute atomic E-state index is 11.3. The maximum Gasteiger partial charge on any atom is 1.00 e. The first-order valence-electron chi connectivity index (χ1n) is 14.3. The van der Waals surface area contributed by atoms with E-state index in [1.165, 1.54) is 12.8 Å². The van der Waals surface area contributed by atoms with Gasteiger partial charge in [0.15, 0.2) is 0 Å². The number of fused-ring (bicyclic) bond motifs is 4. The number of aliphatic hydroxyl groups is 2. The van der Waals surface area contributed by atoms with Crippen LogP contribution in [0.15, 0.2) is 0 Å². The zero-order valence-electron chi connectivity index (χ0n) is 23.9. The Kier molecular flexibility index (Phi) is 8.49. The Morgan fingerprint density at radius 3 is 2.35 bits per heavy atom. The van der Waals surface area contributed by atoms with Crippen LogP contribution in [0.2, 0.25) is 0 Å². The van der Waals surface area contributed by atoms with Crippen molar-refractivity contribution in [3.05, 3.63) is 0 Å². The third kappa shape index (κ3) is 4.74. The molecule has 0 aromatic rings. The average molecular weight is 551 g/mol. The predicted molar refractivity (Wildman–Crippen MR) is 134 cm³/mol. The summed E-state index contributed by atoms with van der Waals surface area (Å²) in [6.45, 7) is 13.6. The fraction of sp³-hybridized carbons (Fsp3) is 1.00. The van der Waals surface area contributed by atoms with Crippen molar-refractivity contribution in [1.29, 1.82) is 0 Å². The van der Waals surface area contributed by atoms with Gasteiger partial charge in [-0.3, -0.25) is 4.18 Å². The average Bonchev–Trinajstić information content (AvgIpc) is 3.40. The SMILES string of the molecule is CC(C)[C@H](C)[C@H](O)C[C@@H](C)[C@H]1CC[C@H]2[C@@H]3C[C@H]4O[C@]45[C@@H](O)[C@@H](OS(=O)(=O)[O-])CC[C@]5(C)[C@H]3CC[C@]12C.[Na+]. The van der Waals surface area contributed by atoms with Gasteiger partial charge < -0.3 is 19.5 Å². The van der Waals surface area contributed by atoms with Crippen molar-refractivity contribution in [2.24, 2.45) is 52.3 Å². The van der Waals surface area contributed by atoms with Crippen molar-refractivity contribution < 1.29 is 61.7 Å². The first-order valence-corrected chi connectivity index (χ1v) is 15.7. The number of aliphatic hydroxyl groups excluding tert-OH is 2. The van der Waals surface area contributed by atoms with E-state index in [0.29, 0.717) is 54.3 Å². The molecule has 37 heavy (non-hydrogen) atoms. The van der Waals surface area contributed by atoms with Gasteiger partial charge in [0.25, 0.3) is 0 Å². The predicted octanol–water partition coefficient (Wildman–Crippen LogP) is 1.28. The van der Waals surface area contributed by atoms with E-state index >= 15 is 0 Å². The minimum Gasteiger partial charge on any atom is -0.726 e. The molecule has 4 saturated carbocycles. The van der Waals surface area contributed by atoms with Gasteiger partial charge in [-0.15, -0.1) is 0 Å². The van der Waals surface area contributed by atoms with Crippen molar-refractivity contribution in [3.8, 4) is 0 Å². The van der Waals surface area contributed by atoms with Gasteiger partial charge in [0.1, 0.15) is 17.8 Å². The molecule has 0 aromatic carbocycles. The monoisotopic (exact) mass is 550 g/mol. The molecule has 4 aliphatic carbocycles. The van der Waals surface area contributed by atoms with Crippen LogP contribution in [0.3, 0.4) is 0 Å². The van der Waals surface area contributed by atoms with Crippen LogP contribution in [0.5, 0.6) is 0 Å². The smallest absolute Gasteiger partial charge is 0.726 e. The zero-order valence-corrected chi connectivity index (χ0v) is 26.7. The molecule has 0 bridgehead atoms. The van der Waals surface area contributed by atoms with E-state index in [2.05, 4.69) is 41.5 Å². The molecule has 5 aliphatic rings. The van der Waals surface area contributed by atoms with Gasteiger partial charge in [-0.1, -0.05) is 41.5 Å². The van der Waals surface area contributed by atoms with Gasteiger partial charge in [-0.25, -0.2) is 8.42 Å². The Morgan fingerprint density at radius 1 is 1.05 bits per heavy atom. The van der Waals surface area contributed by atoms with Crippen LogP contribution in [0.1, 0.15) is 92.9 Å². The quantitative estimate of drug-likeness (QED) is 0.212. The molecule has 7 nitrogen and oxygen atoms in total. The van der Waals surface area contributed by atoms with Crippen molar-refractivity contribution >= 4 is 10.4 Å². The van der Waals surface area contributed by atoms with Crippen LogP contribution in [0, 0.1) is 52.3 Å². The van der Waals surface area contributed by atoms with Gasteiger partial charge >= 0.3 is 29.6 Å². The number of rotatable bonds is 7. The van der Waals surface area contributed by atoms with Crippen molar-refractivity contribution in [2.75, 3.05) is 0 Å². The number of hydrogen-bond donors (Lipinski definition) is 2. The van der Waals surface area contributed by atoms with Gasteiger partial charge in [0, 0.05) is 5.41 Å². The van der Waals surface area contributed by atoms with Gasteiger partial charge in [0.2, 0.25) is 10.4 Å².